The molecule has 1 aromatic heterocycles. The zero-order valence-corrected chi connectivity index (χ0v) is 9.86. The molecule has 0 saturated carbocycles. The van der Waals surface area contributed by atoms with Gasteiger partial charge < -0.3 is 10.2 Å². The molecular formula is C11H7IN2O. The van der Waals surface area contributed by atoms with E-state index < -0.39 is 0 Å². The summed E-state index contributed by atoms with van der Waals surface area (Å²) in [5.74, 6) is 0. The number of hydrogen-bond donors (Lipinski definition) is 1. The molecule has 0 aliphatic carbocycles. The Hall–Kier alpha value is -1.30. The third-order valence-corrected chi connectivity index (χ3v) is 3.26. The molecule has 0 aliphatic rings. The fraction of sp³-hybridized carbons (Fsp3) is 0. The number of nitrogens with two attached hydrogens (primary N) is 1. The van der Waals surface area contributed by atoms with Crippen molar-refractivity contribution in [3.63, 3.8) is 0 Å². The van der Waals surface area contributed by atoms with Crippen LogP contribution < -0.4 is 5.73 Å². The number of halogens is 1. The predicted molar refractivity (Wildman–Crippen MR) is 68.6 cm³/mol. The second-order valence-electron chi connectivity index (χ2n) is 3.30. The largest absolute Gasteiger partial charge is 0.424 e. The number of fused-ring (bicyclic) bond motifs is 3. The molecule has 0 unspecified atom stereocenters. The highest BCUT2D eigenvalue weighted by Gasteiger charge is 2.09. The van der Waals surface area contributed by atoms with E-state index in [1.165, 1.54) is 5.39 Å². The molecule has 0 aliphatic heterocycles. The summed E-state index contributed by atoms with van der Waals surface area (Å²) in [6.07, 6.45) is 0. The number of rotatable bonds is 0. The lowest BCUT2D eigenvalue weighted by molar-refractivity contribution is 0.626. The molecule has 3 nitrogen and oxygen atoms in total. The van der Waals surface area contributed by atoms with E-state index in [9.17, 15) is 0 Å². The van der Waals surface area contributed by atoms with Gasteiger partial charge in [0.05, 0.1) is 0 Å². The fourth-order valence-electron chi connectivity index (χ4n) is 1.73. The van der Waals surface area contributed by atoms with E-state index >= 15 is 0 Å². The minimum atomic E-state index is 0.220. The molecule has 0 amide bonds. The molecule has 0 atom stereocenters. The number of benzene rings is 2. The maximum absolute atomic E-state index is 5.55. The molecule has 0 bridgehead atoms. The van der Waals surface area contributed by atoms with Gasteiger partial charge in [-0.3, -0.25) is 0 Å². The predicted octanol–water partition coefficient (Wildman–Crippen LogP) is 3.17. The number of aromatic nitrogens is 1. The van der Waals surface area contributed by atoms with E-state index in [0.29, 0.717) is 0 Å². The van der Waals surface area contributed by atoms with Gasteiger partial charge in [-0.05, 0) is 34.0 Å². The smallest absolute Gasteiger partial charge is 0.293 e. The molecule has 3 rings (SSSR count). The van der Waals surface area contributed by atoms with E-state index in [0.717, 1.165) is 20.1 Å². The van der Waals surface area contributed by atoms with Crippen LogP contribution in [0.5, 0.6) is 0 Å². The third-order valence-electron chi connectivity index (χ3n) is 2.37. The second-order valence-corrected chi connectivity index (χ2v) is 4.47. The van der Waals surface area contributed by atoms with Crippen LogP contribution in [0.15, 0.2) is 34.7 Å². The zero-order valence-electron chi connectivity index (χ0n) is 7.70. The van der Waals surface area contributed by atoms with Gasteiger partial charge in [-0.25, -0.2) is 0 Å². The quantitative estimate of drug-likeness (QED) is 0.649. The Kier molecular flexibility index (Phi) is 1.85. The van der Waals surface area contributed by atoms with Crippen molar-refractivity contribution in [2.45, 2.75) is 0 Å². The molecule has 0 fully saturated rings. The van der Waals surface area contributed by atoms with Gasteiger partial charge in [-0.15, -0.1) is 0 Å². The summed E-state index contributed by atoms with van der Waals surface area (Å²) in [5, 5.41) is 2.26. The van der Waals surface area contributed by atoms with Crippen LogP contribution in [-0.4, -0.2) is 4.98 Å². The van der Waals surface area contributed by atoms with Crippen LogP contribution in [0.4, 0.5) is 6.01 Å². The summed E-state index contributed by atoms with van der Waals surface area (Å²) in [6, 6.07) is 10.3. The highest BCUT2D eigenvalue weighted by molar-refractivity contribution is 14.1. The van der Waals surface area contributed by atoms with Crippen LogP contribution in [0.3, 0.4) is 0 Å². The summed E-state index contributed by atoms with van der Waals surface area (Å²) < 4.78 is 6.46. The Morgan fingerprint density at radius 2 is 1.93 bits per heavy atom. The lowest BCUT2D eigenvalue weighted by Crippen LogP contribution is -1.82. The Morgan fingerprint density at radius 1 is 1.20 bits per heavy atom. The molecule has 1 heterocycles. The average Bonchev–Trinajstić information content (AvgIpc) is 2.59. The second kappa shape index (κ2) is 3.10. The van der Waals surface area contributed by atoms with Gasteiger partial charge in [-0.1, -0.05) is 24.3 Å². The first-order valence-electron chi connectivity index (χ1n) is 4.49. The molecule has 74 valence electrons. The molecule has 3 aromatic rings. The SMILES string of the molecule is Nc1nc2c(cc(I)c3ccccc32)o1. The van der Waals surface area contributed by atoms with Crippen LogP contribution in [0, 0.1) is 3.57 Å². The van der Waals surface area contributed by atoms with Gasteiger partial charge in [0.2, 0.25) is 0 Å². The van der Waals surface area contributed by atoms with Crippen molar-refractivity contribution in [1.82, 2.24) is 4.98 Å². The van der Waals surface area contributed by atoms with Crippen molar-refractivity contribution in [2.24, 2.45) is 0 Å². The monoisotopic (exact) mass is 310 g/mol. The molecule has 0 radical (unpaired) electrons. The van der Waals surface area contributed by atoms with Crippen LogP contribution in [0.25, 0.3) is 21.9 Å². The number of anilines is 1. The Morgan fingerprint density at radius 3 is 2.73 bits per heavy atom. The first kappa shape index (κ1) is 8.96. The van der Waals surface area contributed by atoms with Crippen LogP contribution in [0.2, 0.25) is 0 Å². The Labute approximate surface area is 99.4 Å². The fourth-order valence-corrected chi connectivity index (χ4v) is 2.48. The van der Waals surface area contributed by atoms with Gasteiger partial charge in [0.1, 0.15) is 5.52 Å². The standard InChI is InChI=1S/C11H7IN2O/c12-8-5-9-10(14-11(13)15-9)7-4-2-1-3-6(7)8/h1-5H,(H2,13,14). The number of nitrogens with zero attached hydrogens (tertiary/aromatic N) is 1. The van der Waals surface area contributed by atoms with Gasteiger partial charge >= 0.3 is 0 Å². The first-order valence-corrected chi connectivity index (χ1v) is 5.57. The van der Waals surface area contributed by atoms with Gasteiger partial charge in [0.15, 0.2) is 5.58 Å². The van der Waals surface area contributed by atoms with Crippen molar-refractivity contribution in [2.75, 3.05) is 5.73 Å². The van der Waals surface area contributed by atoms with Crippen molar-refractivity contribution in [1.29, 1.82) is 0 Å². The van der Waals surface area contributed by atoms with Crippen LogP contribution in [0.1, 0.15) is 0 Å². The molecule has 0 saturated heterocycles. The van der Waals surface area contributed by atoms with Crippen molar-refractivity contribution >= 4 is 50.5 Å². The molecular weight excluding hydrogens is 303 g/mol. The molecule has 0 spiro atoms. The molecule has 4 heteroatoms. The van der Waals surface area contributed by atoms with Gasteiger partial charge in [-0.2, -0.15) is 4.98 Å². The topological polar surface area (TPSA) is 52.0 Å². The maximum atomic E-state index is 5.55. The van der Waals surface area contributed by atoms with E-state index in [1.54, 1.807) is 0 Å². The lowest BCUT2D eigenvalue weighted by atomic mass is 10.1. The summed E-state index contributed by atoms with van der Waals surface area (Å²) >= 11 is 2.29. The van der Waals surface area contributed by atoms with Crippen molar-refractivity contribution in [3.05, 3.63) is 33.9 Å². The zero-order chi connectivity index (χ0) is 10.4. The van der Waals surface area contributed by atoms with Crippen LogP contribution in [-0.2, 0) is 0 Å². The van der Waals surface area contributed by atoms with E-state index in [2.05, 4.69) is 33.6 Å². The highest BCUT2D eigenvalue weighted by Crippen LogP contribution is 2.30. The minimum Gasteiger partial charge on any atom is -0.424 e. The summed E-state index contributed by atoms with van der Waals surface area (Å²) in [4.78, 5) is 4.19. The van der Waals surface area contributed by atoms with Gasteiger partial charge in [0.25, 0.3) is 6.01 Å². The van der Waals surface area contributed by atoms with E-state index in [1.807, 2.05) is 24.3 Å². The number of oxazole rings is 1. The minimum absolute atomic E-state index is 0.220. The lowest BCUT2D eigenvalue weighted by Gasteiger charge is -1.99. The Balaban J connectivity index is 2.62. The molecule has 15 heavy (non-hydrogen) atoms. The van der Waals surface area contributed by atoms with E-state index in [-0.39, 0.29) is 6.01 Å². The summed E-state index contributed by atoms with van der Waals surface area (Å²) in [5.41, 5.74) is 7.13. The third kappa shape index (κ3) is 1.28. The van der Waals surface area contributed by atoms with E-state index in [4.69, 9.17) is 10.2 Å². The van der Waals surface area contributed by atoms with Crippen molar-refractivity contribution in [3.8, 4) is 0 Å². The number of hydrogen-bond acceptors (Lipinski definition) is 3. The maximum Gasteiger partial charge on any atom is 0.293 e. The van der Waals surface area contributed by atoms with Gasteiger partial charge in [0, 0.05) is 8.96 Å². The van der Waals surface area contributed by atoms with Crippen LogP contribution >= 0.6 is 22.6 Å². The number of nitrogen functional groups attached to an aromatic ring is 1. The molecule has 2 N–H and O–H groups in total. The highest BCUT2D eigenvalue weighted by atomic mass is 127. The summed E-state index contributed by atoms with van der Waals surface area (Å²) in [6.45, 7) is 0. The van der Waals surface area contributed by atoms with Crippen molar-refractivity contribution < 1.29 is 4.42 Å². The first-order chi connectivity index (χ1) is 7.25. The Bertz CT molecular complexity index is 660. The molecule has 2 aromatic carbocycles. The average molecular weight is 310 g/mol. The summed E-state index contributed by atoms with van der Waals surface area (Å²) in [7, 11) is 0. The normalized spacial score (nSPS) is 11.3.